The molecule has 0 saturated carbocycles. The Balaban J connectivity index is 1.59. The lowest BCUT2D eigenvalue weighted by Gasteiger charge is -2.08. The third-order valence-electron chi connectivity index (χ3n) is 4.67. The van der Waals surface area contributed by atoms with Crippen LogP contribution in [0.1, 0.15) is 16.1 Å². The molecule has 0 aliphatic carbocycles. The number of furan rings is 1. The smallest absolute Gasteiger partial charge is 0.293 e. The molecule has 2 N–H and O–H groups in total. The highest BCUT2D eigenvalue weighted by Gasteiger charge is 2.22. The second-order valence-corrected chi connectivity index (χ2v) is 6.84. The van der Waals surface area contributed by atoms with Gasteiger partial charge in [0.1, 0.15) is 22.8 Å². The van der Waals surface area contributed by atoms with Crippen LogP contribution in [0.2, 0.25) is 0 Å². The van der Waals surface area contributed by atoms with E-state index in [4.69, 9.17) is 9.15 Å². The number of ether oxygens (including phenoxy) is 1. The van der Waals surface area contributed by atoms with Gasteiger partial charge in [0.25, 0.3) is 5.91 Å². The van der Waals surface area contributed by atoms with E-state index >= 15 is 0 Å². The number of fused-ring (bicyclic) bond motifs is 1. The molecule has 0 aliphatic heterocycles. The molecular weight excluding hydrogens is 399 g/mol. The van der Waals surface area contributed by atoms with Crippen LogP contribution in [0.15, 0.2) is 77.2 Å². The van der Waals surface area contributed by atoms with Crippen molar-refractivity contribution in [2.45, 2.75) is 6.42 Å². The number of anilines is 2. The summed E-state index contributed by atoms with van der Waals surface area (Å²) in [6, 6.07) is 19.7. The van der Waals surface area contributed by atoms with Gasteiger partial charge in [-0.3, -0.25) is 9.59 Å². The number of halogens is 1. The maximum atomic E-state index is 13.5. The molecule has 4 rings (SSSR count). The van der Waals surface area contributed by atoms with E-state index in [1.54, 1.807) is 61.7 Å². The summed E-state index contributed by atoms with van der Waals surface area (Å²) in [6.45, 7) is 0. The lowest BCUT2D eigenvalue weighted by Crippen LogP contribution is -2.18. The van der Waals surface area contributed by atoms with Crippen LogP contribution in [-0.4, -0.2) is 18.9 Å². The van der Waals surface area contributed by atoms with E-state index in [2.05, 4.69) is 10.6 Å². The third-order valence-corrected chi connectivity index (χ3v) is 4.67. The molecule has 0 radical (unpaired) electrons. The zero-order valence-corrected chi connectivity index (χ0v) is 16.6. The van der Waals surface area contributed by atoms with Gasteiger partial charge in [-0.1, -0.05) is 30.3 Å². The number of methoxy groups -OCH3 is 1. The normalized spacial score (nSPS) is 10.6. The molecule has 0 aliphatic rings. The van der Waals surface area contributed by atoms with Crippen molar-refractivity contribution in [1.82, 2.24) is 0 Å². The van der Waals surface area contributed by atoms with Crippen molar-refractivity contribution in [2.24, 2.45) is 0 Å². The zero-order chi connectivity index (χ0) is 21.8. The van der Waals surface area contributed by atoms with E-state index in [1.807, 2.05) is 0 Å². The molecule has 4 aromatic rings. The number of amides is 2. The third kappa shape index (κ3) is 4.56. The van der Waals surface area contributed by atoms with Gasteiger partial charge in [0.2, 0.25) is 11.7 Å². The Labute approximate surface area is 177 Å². The summed E-state index contributed by atoms with van der Waals surface area (Å²) in [4.78, 5) is 25.5. The van der Waals surface area contributed by atoms with Crippen molar-refractivity contribution < 1.29 is 23.1 Å². The van der Waals surface area contributed by atoms with Gasteiger partial charge >= 0.3 is 0 Å². The van der Waals surface area contributed by atoms with Crippen molar-refractivity contribution in [1.29, 1.82) is 0 Å². The first-order valence-corrected chi connectivity index (χ1v) is 9.55. The molecule has 0 spiro atoms. The van der Waals surface area contributed by atoms with E-state index in [1.165, 1.54) is 18.2 Å². The molecule has 31 heavy (non-hydrogen) atoms. The minimum atomic E-state index is -0.596. The van der Waals surface area contributed by atoms with Crippen LogP contribution in [0.25, 0.3) is 11.0 Å². The zero-order valence-electron chi connectivity index (χ0n) is 16.6. The van der Waals surface area contributed by atoms with Crippen LogP contribution in [0.3, 0.4) is 0 Å². The molecule has 0 unspecified atom stereocenters. The topological polar surface area (TPSA) is 80.6 Å². The molecular formula is C24H19FN2O4. The average molecular weight is 418 g/mol. The van der Waals surface area contributed by atoms with Gasteiger partial charge in [-0.2, -0.15) is 0 Å². The Kier molecular flexibility index (Phi) is 5.66. The Morgan fingerprint density at radius 2 is 1.74 bits per heavy atom. The first-order chi connectivity index (χ1) is 15.0. The molecule has 0 saturated heterocycles. The van der Waals surface area contributed by atoms with Crippen LogP contribution in [-0.2, 0) is 11.2 Å². The van der Waals surface area contributed by atoms with Gasteiger partial charge in [0.15, 0.2) is 0 Å². The highest BCUT2D eigenvalue weighted by atomic mass is 19.1. The number of carbonyl (C=O) groups is 2. The number of hydrogen-bond acceptors (Lipinski definition) is 4. The highest BCUT2D eigenvalue weighted by Crippen LogP contribution is 2.31. The number of rotatable bonds is 6. The van der Waals surface area contributed by atoms with E-state index in [9.17, 15) is 14.0 Å². The molecule has 7 heteroatoms. The largest absolute Gasteiger partial charge is 0.497 e. The number of hydrogen-bond donors (Lipinski definition) is 2. The summed E-state index contributed by atoms with van der Waals surface area (Å²) >= 11 is 0. The van der Waals surface area contributed by atoms with Crippen LogP contribution in [0.5, 0.6) is 5.75 Å². The van der Waals surface area contributed by atoms with Gasteiger partial charge in [0, 0.05) is 11.1 Å². The minimum absolute atomic E-state index is 0.0615. The molecule has 2 amide bonds. The fourth-order valence-electron chi connectivity index (χ4n) is 3.20. The summed E-state index contributed by atoms with van der Waals surface area (Å²) < 4.78 is 24.3. The Morgan fingerprint density at radius 3 is 2.48 bits per heavy atom. The summed E-state index contributed by atoms with van der Waals surface area (Å²) in [5, 5.41) is 5.98. The van der Waals surface area contributed by atoms with Crippen LogP contribution in [0, 0.1) is 5.82 Å². The Hall–Kier alpha value is -4.13. The molecule has 156 valence electrons. The lowest BCUT2D eigenvalue weighted by atomic mass is 10.1. The molecule has 1 heterocycles. The second kappa shape index (κ2) is 8.71. The van der Waals surface area contributed by atoms with Gasteiger partial charge < -0.3 is 19.8 Å². The van der Waals surface area contributed by atoms with Gasteiger partial charge in [-0.15, -0.1) is 0 Å². The summed E-state index contributed by atoms with van der Waals surface area (Å²) in [5.74, 6) is -0.747. The van der Waals surface area contributed by atoms with Crippen molar-refractivity contribution in [3.05, 3.63) is 89.9 Å². The van der Waals surface area contributed by atoms with E-state index < -0.39 is 11.7 Å². The molecule has 0 bridgehead atoms. The van der Waals surface area contributed by atoms with E-state index in [0.29, 0.717) is 16.7 Å². The van der Waals surface area contributed by atoms with Gasteiger partial charge in [-0.05, 0) is 48.0 Å². The molecule has 1 aromatic heterocycles. The number of benzene rings is 3. The SMILES string of the molecule is COc1ccc(CC(=O)Nc2c(C(=O)Nc3cccc(F)c3)oc3ccccc23)cc1. The average Bonchev–Trinajstić information content (AvgIpc) is 3.13. The fourth-order valence-corrected chi connectivity index (χ4v) is 3.20. The summed E-state index contributed by atoms with van der Waals surface area (Å²) in [5.41, 5.74) is 1.78. The molecule has 0 fully saturated rings. The van der Waals surface area contributed by atoms with Crippen molar-refractivity contribution in [3.8, 4) is 5.75 Å². The van der Waals surface area contributed by atoms with E-state index in [0.717, 1.165) is 5.56 Å². The number of carbonyl (C=O) groups excluding carboxylic acids is 2. The standard InChI is InChI=1S/C24H19FN2O4/c1-30-18-11-9-15(10-12-18)13-21(28)27-22-19-7-2-3-8-20(19)31-23(22)24(29)26-17-6-4-5-16(25)14-17/h2-12,14H,13H2,1H3,(H,26,29)(H,27,28). The van der Waals surface area contributed by atoms with Crippen LogP contribution in [0.4, 0.5) is 15.8 Å². The minimum Gasteiger partial charge on any atom is -0.497 e. The number of para-hydroxylation sites is 1. The second-order valence-electron chi connectivity index (χ2n) is 6.84. The Morgan fingerprint density at radius 1 is 0.968 bits per heavy atom. The van der Waals surface area contributed by atoms with Crippen molar-refractivity contribution in [3.63, 3.8) is 0 Å². The lowest BCUT2D eigenvalue weighted by molar-refractivity contribution is -0.115. The fraction of sp³-hybridized carbons (Fsp3) is 0.0833. The molecule has 0 atom stereocenters. The van der Waals surface area contributed by atoms with Crippen molar-refractivity contribution in [2.75, 3.05) is 17.7 Å². The van der Waals surface area contributed by atoms with Crippen LogP contribution < -0.4 is 15.4 Å². The monoisotopic (exact) mass is 418 g/mol. The van der Waals surface area contributed by atoms with E-state index in [-0.39, 0.29) is 29.5 Å². The van der Waals surface area contributed by atoms with Crippen LogP contribution >= 0.6 is 0 Å². The summed E-state index contributed by atoms with van der Waals surface area (Å²) in [6.07, 6.45) is 0.106. The summed E-state index contributed by atoms with van der Waals surface area (Å²) in [7, 11) is 1.57. The quantitative estimate of drug-likeness (QED) is 0.461. The first-order valence-electron chi connectivity index (χ1n) is 9.55. The van der Waals surface area contributed by atoms with Gasteiger partial charge in [0.05, 0.1) is 13.5 Å². The maximum Gasteiger partial charge on any atom is 0.293 e. The van der Waals surface area contributed by atoms with Gasteiger partial charge in [-0.25, -0.2) is 4.39 Å². The predicted octanol–water partition coefficient (Wildman–Crippen LogP) is 5.01. The maximum absolute atomic E-state index is 13.5. The predicted molar refractivity (Wildman–Crippen MR) is 116 cm³/mol. The Bertz CT molecular complexity index is 1250. The van der Waals surface area contributed by atoms with Crippen molar-refractivity contribution >= 4 is 34.2 Å². The highest BCUT2D eigenvalue weighted by molar-refractivity contribution is 6.14. The molecule has 6 nitrogen and oxygen atoms in total. The first kappa shape index (κ1) is 20.2. The number of nitrogens with one attached hydrogen (secondary N) is 2. The molecule has 3 aromatic carbocycles.